The lowest BCUT2D eigenvalue weighted by molar-refractivity contribution is 0.299. The van der Waals surface area contributed by atoms with E-state index < -0.39 is 0 Å². The predicted molar refractivity (Wildman–Crippen MR) is 58.8 cm³/mol. The van der Waals surface area contributed by atoms with Crippen molar-refractivity contribution in [1.29, 1.82) is 0 Å². The zero-order chi connectivity index (χ0) is 11.3. The number of benzene rings is 1. The molecular weight excluding hydrogens is 194 g/mol. The van der Waals surface area contributed by atoms with Crippen LogP contribution in [0.15, 0.2) is 12.1 Å². The largest absolute Gasteiger partial charge is 0.496 e. The van der Waals surface area contributed by atoms with Gasteiger partial charge in [-0.15, -0.1) is 0 Å². The van der Waals surface area contributed by atoms with Crippen LogP contribution in [0.1, 0.15) is 5.56 Å². The molecule has 1 rings (SSSR count). The van der Waals surface area contributed by atoms with Crippen molar-refractivity contribution < 1.29 is 14.2 Å². The number of nitrogens with two attached hydrogens (primary N) is 1. The molecule has 2 N–H and O–H groups in total. The number of rotatable bonds is 5. The van der Waals surface area contributed by atoms with Crippen molar-refractivity contribution in [2.24, 2.45) is 5.73 Å². The van der Waals surface area contributed by atoms with Gasteiger partial charge in [0.2, 0.25) is 0 Å². The second-order valence-electron chi connectivity index (χ2n) is 3.06. The zero-order valence-corrected chi connectivity index (χ0v) is 9.37. The van der Waals surface area contributed by atoms with Crippen LogP contribution in [0.2, 0.25) is 0 Å². The van der Waals surface area contributed by atoms with Crippen molar-refractivity contribution in [3.63, 3.8) is 0 Å². The molecule has 0 bridgehead atoms. The molecule has 0 radical (unpaired) electrons. The van der Waals surface area contributed by atoms with Crippen LogP contribution in [-0.4, -0.2) is 27.4 Å². The van der Waals surface area contributed by atoms with Crippen molar-refractivity contribution >= 4 is 0 Å². The topological polar surface area (TPSA) is 53.7 Å². The Bertz CT molecular complexity index is 326. The summed E-state index contributed by atoms with van der Waals surface area (Å²) in [5, 5.41) is 0. The fraction of sp³-hybridized carbons (Fsp3) is 0.455. The third-order valence-electron chi connectivity index (χ3n) is 2.12. The lowest BCUT2D eigenvalue weighted by Crippen LogP contribution is -2.11. The normalized spacial score (nSPS) is 9.87. The van der Waals surface area contributed by atoms with Gasteiger partial charge in [-0.1, -0.05) is 0 Å². The Kier molecular flexibility index (Phi) is 4.24. The van der Waals surface area contributed by atoms with Crippen molar-refractivity contribution in [2.45, 2.75) is 6.92 Å². The first kappa shape index (κ1) is 11.7. The van der Waals surface area contributed by atoms with Gasteiger partial charge in [-0.25, -0.2) is 0 Å². The lowest BCUT2D eigenvalue weighted by Gasteiger charge is -2.14. The minimum absolute atomic E-state index is 0.474. The van der Waals surface area contributed by atoms with Gasteiger partial charge in [-0.2, -0.15) is 0 Å². The van der Waals surface area contributed by atoms with Gasteiger partial charge in [0.1, 0.15) is 12.4 Å². The number of hydrogen-bond donors (Lipinski definition) is 1. The van der Waals surface area contributed by atoms with E-state index in [0.29, 0.717) is 24.7 Å². The Hall–Kier alpha value is -1.42. The summed E-state index contributed by atoms with van der Waals surface area (Å²) in [5.74, 6) is 2.18. The highest BCUT2D eigenvalue weighted by atomic mass is 16.5. The molecule has 84 valence electrons. The summed E-state index contributed by atoms with van der Waals surface area (Å²) in [4.78, 5) is 0. The number of hydrogen-bond acceptors (Lipinski definition) is 4. The molecule has 0 spiro atoms. The molecule has 0 aliphatic heterocycles. The van der Waals surface area contributed by atoms with Gasteiger partial charge in [0, 0.05) is 12.1 Å². The standard InChI is InChI=1S/C11H17NO3/c1-8-9(13-2)4-5-10(11(8)14-3)15-7-6-12/h4-5H,6-7,12H2,1-3H3. The highest BCUT2D eigenvalue weighted by molar-refractivity contribution is 5.53. The summed E-state index contributed by atoms with van der Waals surface area (Å²) < 4.78 is 15.9. The van der Waals surface area contributed by atoms with Crippen LogP contribution >= 0.6 is 0 Å². The molecule has 0 saturated heterocycles. The summed E-state index contributed by atoms with van der Waals surface area (Å²) >= 11 is 0. The lowest BCUT2D eigenvalue weighted by atomic mass is 10.2. The molecule has 0 aliphatic rings. The van der Waals surface area contributed by atoms with E-state index >= 15 is 0 Å². The van der Waals surface area contributed by atoms with E-state index in [9.17, 15) is 0 Å². The smallest absolute Gasteiger partial charge is 0.167 e. The Morgan fingerprint density at radius 2 is 1.80 bits per heavy atom. The van der Waals surface area contributed by atoms with E-state index in [-0.39, 0.29) is 0 Å². The zero-order valence-electron chi connectivity index (χ0n) is 9.37. The van der Waals surface area contributed by atoms with Gasteiger partial charge in [-0.3, -0.25) is 0 Å². The quantitative estimate of drug-likeness (QED) is 0.798. The van der Waals surface area contributed by atoms with Crippen LogP contribution < -0.4 is 19.9 Å². The molecule has 4 heteroatoms. The van der Waals surface area contributed by atoms with Crippen LogP contribution in [0.5, 0.6) is 17.2 Å². The average Bonchev–Trinajstić information content (AvgIpc) is 2.26. The molecular formula is C11H17NO3. The Morgan fingerprint density at radius 1 is 1.13 bits per heavy atom. The highest BCUT2D eigenvalue weighted by Gasteiger charge is 2.11. The second-order valence-corrected chi connectivity index (χ2v) is 3.06. The van der Waals surface area contributed by atoms with Gasteiger partial charge >= 0.3 is 0 Å². The Labute approximate surface area is 89.9 Å². The summed E-state index contributed by atoms with van der Waals surface area (Å²) in [6.45, 7) is 2.88. The van der Waals surface area contributed by atoms with Crippen LogP contribution in [0.4, 0.5) is 0 Å². The van der Waals surface area contributed by atoms with Gasteiger partial charge < -0.3 is 19.9 Å². The SMILES string of the molecule is COc1ccc(OCCN)c(OC)c1C. The van der Waals surface area contributed by atoms with Crippen LogP contribution in [0.3, 0.4) is 0 Å². The maximum atomic E-state index is 5.45. The maximum absolute atomic E-state index is 5.45. The summed E-state index contributed by atoms with van der Waals surface area (Å²) in [7, 11) is 3.24. The van der Waals surface area contributed by atoms with Gasteiger partial charge in [0.05, 0.1) is 14.2 Å². The predicted octanol–water partition coefficient (Wildman–Crippen LogP) is 1.35. The molecule has 0 saturated carbocycles. The molecule has 0 heterocycles. The molecule has 1 aromatic carbocycles. The fourth-order valence-electron chi connectivity index (χ4n) is 1.41. The van der Waals surface area contributed by atoms with Gasteiger partial charge in [-0.05, 0) is 19.1 Å². The highest BCUT2D eigenvalue weighted by Crippen LogP contribution is 2.36. The molecule has 0 aromatic heterocycles. The third kappa shape index (κ3) is 2.53. The number of ether oxygens (including phenoxy) is 3. The van der Waals surface area contributed by atoms with Crippen molar-refractivity contribution in [2.75, 3.05) is 27.4 Å². The van der Waals surface area contributed by atoms with E-state index in [1.165, 1.54) is 0 Å². The summed E-state index contributed by atoms with van der Waals surface area (Å²) in [6.07, 6.45) is 0. The van der Waals surface area contributed by atoms with Gasteiger partial charge in [0.15, 0.2) is 11.5 Å². The van der Waals surface area contributed by atoms with E-state index in [0.717, 1.165) is 11.3 Å². The Balaban J connectivity index is 3.01. The van der Waals surface area contributed by atoms with Crippen LogP contribution in [0.25, 0.3) is 0 Å². The first-order valence-corrected chi connectivity index (χ1v) is 4.79. The molecule has 4 nitrogen and oxygen atoms in total. The minimum atomic E-state index is 0.474. The van der Waals surface area contributed by atoms with E-state index in [1.54, 1.807) is 14.2 Å². The average molecular weight is 211 g/mol. The minimum Gasteiger partial charge on any atom is -0.496 e. The molecule has 15 heavy (non-hydrogen) atoms. The molecule has 0 fully saturated rings. The first-order chi connectivity index (χ1) is 7.24. The molecule has 0 amide bonds. The van der Waals surface area contributed by atoms with Crippen molar-refractivity contribution in [3.05, 3.63) is 17.7 Å². The van der Waals surface area contributed by atoms with E-state index in [1.807, 2.05) is 19.1 Å². The van der Waals surface area contributed by atoms with Crippen LogP contribution in [0, 0.1) is 6.92 Å². The van der Waals surface area contributed by atoms with Crippen molar-refractivity contribution in [1.82, 2.24) is 0 Å². The monoisotopic (exact) mass is 211 g/mol. The van der Waals surface area contributed by atoms with E-state index in [2.05, 4.69) is 0 Å². The van der Waals surface area contributed by atoms with E-state index in [4.69, 9.17) is 19.9 Å². The second kappa shape index (κ2) is 5.46. The maximum Gasteiger partial charge on any atom is 0.167 e. The molecule has 1 aromatic rings. The fourth-order valence-corrected chi connectivity index (χ4v) is 1.41. The third-order valence-corrected chi connectivity index (χ3v) is 2.12. The molecule has 0 atom stereocenters. The summed E-state index contributed by atoms with van der Waals surface area (Å²) in [6, 6.07) is 3.67. The Morgan fingerprint density at radius 3 is 2.33 bits per heavy atom. The molecule has 0 unspecified atom stereocenters. The first-order valence-electron chi connectivity index (χ1n) is 4.79. The van der Waals surface area contributed by atoms with Crippen molar-refractivity contribution in [3.8, 4) is 17.2 Å². The van der Waals surface area contributed by atoms with Gasteiger partial charge in [0.25, 0.3) is 0 Å². The molecule has 0 aliphatic carbocycles. The summed E-state index contributed by atoms with van der Waals surface area (Å²) in [5.41, 5.74) is 6.30. The number of methoxy groups -OCH3 is 2. The van der Waals surface area contributed by atoms with Crippen LogP contribution in [-0.2, 0) is 0 Å².